The molecule has 10 nitrogen and oxygen atoms in total. The number of nitrogens with one attached hydrogen (secondary N) is 2. The largest absolute Gasteiger partial charge is 0.495 e. The predicted molar refractivity (Wildman–Crippen MR) is 112 cm³/mol. The number of ether oxygens (including phenoxy) is 2. The third kappa shape index (κ3) is 4.66. The van der Waals surface area contributed by atoms with E-state index in [2.05, 4.69) is 20.9 Å². The summed E-state index contributed by atoms with van der Waals surface area (Å²) < 4.78 is 11.8. The minimum absolute atomic E-state index is 0.0310. The highest BCUT2D eigenvalue weighted by Crippen LogP contribution is 2.25. The molecule has 2 aromatic carbocycles. The van der Waals surface area contributed by atoms with Crippen molar-refractivity contribution in [2.24, 2.45) is 0 Å². The standard InChI is InChI=1S/C20H22N6O4/c1-3-30-16-11-7-5-9-14(16)23-20(28)18-19(21)26(25-24-18)12-17(27)22-13-8-4-6-10-15(13)29-2/h4-11H,3,12,21H2,1-2H3,(H,22,27)(H,23,28). The molecule has 1 heterocycles. The summed E-state index contributed by atoms with van der Waals surface area (Å²) >= 11 is 0. The summed E-state index contributed by atoms with van der Waals surface area (Å²) in [5.41, 5.74) is 6.89. The van der Waals surface area contributed by atoms with Crippen molar-refractivity contribution in [1.82, 2.24) is 15.0 Å². The quantitative estimate of drug-likeness (QED) is 0.518. The topological polar surface area (TPSA) is 133 Å². The number of amides is 2. The molecule has 3 aromatic rings. The Hall–Kier alpha value is -4.08. The van der Waals surface area contributed by atoms with Gasteiger partial charge < -0.3 is 25.8 Å². The van der Waals surface area contributed by atoms with Crippen LogP contribution in [0.25, 0.3) is 0 Å². The van der Waals surface area contributed by atoms with E-state index in [0.29, 0.717) is 29.5 Å². The van der Waals surface area contributed by atoms with Gasteiger partial charge in [-0.3, -0.25) is 9.59 Å². The number of carbonyl (C=O) groups is 2. The number of rotatable bonds is 8. The fraction of sp³-hybridized carbons (Fsp3) is 0.200. The van der Waals surface area contributed by atoms with Gasteiger partial charge in [0.1, 0.15) is 18.0 Å². The first-order valence-electron chi connectivity index (χ1n) is 9.18. The Morgan fingerprint density at radius 2 is 1.67 bits per heavy atom. The van der Waals surface area contributed by atoms with Crippen molar-refractivity contribution in [1.29, 1.82) is 0 Å². The van der Waals surface area contributed by atoms with E-state index in [1.807, 2.05) is 6.92 Å². The molecule has 0 fully saturated rings. The molecule has 3 rings (SSSR count). The molecule has 0 aliphatic rings. The van der Waals surface area contributed by atoms with Crippen LogP contribution in [0.5, 0.6) is 11.5 Å². The molecule has 1 aromatic heterocycles. The van der Waals surface area contributed by atoms with Crippen molar-refractivity contribution in [3.63, 3.8) is 0 Å². The van der Waals surface area contributed by atoms with Gasteiger partial charge in [-0.15, -0.1) is 5.10 Å². The molecular formula is C20H22N6O4. The monoisotopic (exact) mass is 410 g/mol. The molecule has 0 bridgehead atoms. The van der Waals surface area contributed by atoms with Gasteiger partial charge in [-0.25, -0.2) is 4.68 Å². The number of nitrogens with two attached hydrogens (primary N) is 1. The third-order valence-corrected chi connectivity index (χ3v) is 4.10. The second kappa shape index (κ2) is 9.41. The van der Waals surface area contributed by atoms with Crippen LogP contribution in [0, 0.1) is 0 Å². The SMILES string of the molecule is CCOc1ccccc1NC(=O)c1nnn(CC(=O)Nc2ccccc2OC)c1N. The summed E-state index contributed by atoms with van der Waals surface area (Å²) in [6, 6.07) is 14.0. The van der Waals surface area contributed by atoms with E-state index in [4.69, 9.17) is 15.2 Å². The van der Waals surface area contributed by atoms with Gasteiger partial charge in [0.25, 0.3) is 5.91 Å². The molecule has 0 spiro atoms. The number of aromatic nitrogens is 3. The molecule has 0 aliphatic carbocycles. The van der Waals surface area contributed by atoms with Gasteiger partial charge in [-0.05, 0) is 31.2 Å². The van der Waals surface area contributed by atoms with Crippen molar-refractivity contribution >= 4 is 29.0 Å². The van der Waals surface area contributed by atoms with Crippen molar-refractivity contribution in [3.05, 3.63) is 54.2 Å². The number of nitrogen functional groups attached to an aromatic ring is 1. The molecule has 0 saturated heterocycles. The number of hydrogen-bond acceptors (Lipinski definition) is 7. The van der Waals surface area contributed by atoms with Crippen molar-refractivity contribution in [2.75, 3.05) is 30.1 Å². The van der Waals surface area contributed by atoms with Crippen molar-refractivity contribution in [3.8, 4) is 11.5 Å². The molecule has 30 heavy (non-hydrogen) atoms. The van der Waals surface area contributed by atoms with Gasteiger partial charge in [0.15, 0.2) is 11.5 Å². The second-order valence-corrected chi connectivity index (χ2v) is 6.11. The number of hydrogen-bond donors (Lipinski definition) is 3. The molecule has 10 heteroatoms. The molecule has 156 valence electrons. The van der Waals surface area contributed by atoms with Crippen LogP contribution in [0.4, 0.5) is 17.2 Å². The van der Waals surface area contributed by atoms with E-state index in [1.54, 1.807) is 48.5 Å². The Kier molecular flexibility index (Phi) is 6.48. The van der Waals surface area contributed by atoms with E-state index in [9.17, 15) is 9.59 Å². The number of para-hydroxylation sites is 4. The van der Waals surface area contributed by atoms with Crippen LogP contribution in [0.15, 0.2) is 48.5 Å². The Morgan fingerprint density at radius 1 is 1.03 bits per heavy atom. The fourth-order valence-electron chi connectivity index (χ4n) is 2.71. The zero-order chi connectivity index (χ0) is 21.5. The smallest absolute Gasteiger partial charge is 0.280 e. The molecular weight excluding hydrogens is 388 g/mol. The summed E-state index contributed by atoms with van der Waals surface area (Å²) in [6.07, 6.45) is 0. The van der Waals surface area contributed by atoms with Crippen LogP contribution >= 0.6 is 0 Å². The van der Waals surface area contributed by atoms with Crippen molar-refractivity contribution in [2.45, 2.75) is 13.5 Å². The Bertz CT molecular complexity index is 1050. The molecule has 4 N–H and O–H groups in total. The van der Waals surface area contributed by atoms with Crippen LogP contribution in [0.2, 0.25) is 0 Å². The number of nitrogens with zero attached hydrogens (tertiary/aromatic N) is 3. The predicted octanol–water partition coefficient (Wildman–Crippen LogP) is 2.16. The normalized spacial score (nSPS) is 10.3. The Morgan fingerprint density at radius 3 is 2.33 bits per heavy atom. The number of methoxy groups -OCH3 is 1. The maximum atomic E-state index is 12.6. The van der Waals surface area contributed by atoms with Gasteiger partial charge in [-0.2, -0.15) is 0 Å². The highest BCUT2D eigenvalue weighted by Gasteiger charge is 2.20. The summed E-state index contributed by atoms with van der Waals surface area (Å²) in [4.78, 5) is 24.9. The second-order valence-electron chi connectivity index (χ2n) is 6.11. The van der Waals surface area contributed by atoms with Gasteiger partial charge in [0.2, 0.25) is 5.91 Å². The Labute approximate surface area is 173 Å². The summed E-state index contributed by atoms with van der Waals surface area (Å²) in [5, 5.41) is 13.0. The molecule has 0 unspecified atom stereocenters. The van der Waals surface area contributed by atoms with E-state index < -0.39 is 11.8 Å². The molecule has 0 saturated carbocycles. The lowest BCUT2D eigenvalue weighted by Crippen LogP contribution is -2.21. The molecule has 0 radical (unpaired) electrons. The lowest BCUT2D eigenvalue weighted by atomic mass is 10.2. The van der Waals surface area contributed by atoms with E-state index >= 15 is 0 Å². The lowest BCUT2D eigenvalue weighted by molar-refractivity contribution is -0.116. The first-order valence-corrected chi connectivity index (χ1v) is 9.18. The van der Waals surface area contributed by atoms with Gasteiger partial charge in [-0.1, -0.05) is 29.5 Å². The lowest BCUT2D eigenvalue weighted by Gasteiger charge is -2.11. The van der Waals surface area contributed by atoms with E-state index in [0.717, 1.165) is 4.68 Å². The summed E-state index contributed by atoms with van der Waals surface area (Å²) in [6.45, 7) is 2.07. The number of carbonyl (C=O) groups excluding carboxylic acids is 2. The first kappa shape index (κ1) is 20.6. The number of benzene rings is 2. The van der Waals surface area contributed by atoms with Gasteiger partial charge in [0, 0.05) is 0 Å². The minimum atomic E-state index is -0.559. The zero-order valence-corrected chi connectivity index (χ0v) is 16.6. The first-order chi connectivity index (χ1) is 14.5. The van der Waals surface area contributed by atoms with Crippen molar-refractivity contribution < 1.29 is 19.1 Å². The highest BCUT2D eigenvalue weighted by atomic mass is 16.5. The molecule has 0 aliphatic heterocycles. The van der Waals surface area contributed by atoms with Gasteiger partial charge >= 0.3 is 0 Å². The van der Waals surface area contributed by atoms with Gasteiger partial charge in [0.05, 0.1) is 25.1 Å². The fourth-order valence-corrected chi connectivity index (χ4v) is 2.71. The van der Waals surface area contributed by atoms with Crippen LogP contribution in [0.1, 0.15) is 17.4 Å². The average Bonchev–Trinajstić information content (AvgIpc) is 3.10. The summed E-state index contributed by atoms with van der Waals surface area (Å²) in [7, 11) is 1.51. The highest BCUT2D eigenvalue weighted by molar-refractivity contribution is 6.06. The average molecular weight is 410 g/mol. The van der Waals surface area contributed by atoms with E-state index in [1.165, 1.54) is 7.11 Å². The number of anilines is 3. The molecule has 2 amide bonds. The Balaban J connectivity index is 1.70. The third-order valence-electron chi connectivity index (χ3n) is 4.10. The van der Waals surface area contributed by atoms with Crippen LogP contribution in [-0.2, 0) is 11.3 Å². The molecule has 0 atom stereocenters. The van der Waals surface area contributed by atoms with E-state index in [-0.39, 0.29) is 18.1 Å². The zero-order valence-electron chi connectivity index (χ0n) is 16.6. The maximum absolute atomic E-state index is 12.6. The summed E-state index contributed by atoms with van der Waals surface area (Å²) in [5.74, 6) is 0.0540. The van der Waals surface area contributed by atoms with Crippen LogP contribution < -0.4 is 25.8 Å². The minimum Gasteiger partial charge on any atom is -0.495 e. The maximum Gasteiger partial charge on any atom is 0.280 e. The van der Waals surface area contributed by atoms with Crippen LogP contribution in [0.3, 0.4) is 0 Å². The van der Waals surface area contributed by atoms with Crippen LogP contribution in [-0.4, -0.2) is 40.5 Å².